The number of rotatable bonds is 10. The summed E-state index contributed by atoms with van der Waals surface area (Å²) < 4.78 is 13.5. The second-order valence-corrected chi connectivity index (χ2v) is 16.6. The van der Waals surface area contributed by atoms with Gasteiger partial charge < -0.3 is 49.5 Å². The SMILES string of the molecule is COC(=O)N[C@H](C(=O)N1CCC[C@H]1c1ncc(-c2ccc3c(c2)cc2n3CCCOc3cc(-c4cnc([C@@H]5CCCN5C(=O)[C@@H](NC(=O)O)C(C)C)[nH]4)ccc3-2)[nH]1)C(C)C. The average molecular weight is 820 g/mol. The van der Waals surface area contributed by atoms with Crippen molar-refractivity contribution in [2.24, 2.45) is 11.8 Å². The Bertz CT molecular complexity index is 2410. The quantitative estimate of drug-likeness (QED) is 0.0998. The normalized spacial score (nSPS) is 18.7. The van der Waals surface area contributed by atoms with Crippen molar-refractivity contribution >= 4 is 34.9 Å². The number of hydrogen-bond donors (Lipinski definition) is 5. The van der Waals surface area contributed by atoms with E-state index in [0.29, 0.717) is 31.3 Å². The van der Waals surface area contributed by atoms with Gasteiger partial charge in [-0.15, -0.1) is 0 Å². The zero-order valence-electron chi connectivity index (χ0n) is 34.7. The summed E-state index contributed by atoms with van der Waals surface area (Å²) in [4.78, 5) is 70.7. The van der Waals surface area contributed by atoms with Gasteiger partial charge in [-0.1, -0.05) is 39.8 Å². The van der Waals surface area contributed by atoms with E-state index in [1.165, 1.54) is 7.11 Å². The van der Waals surface area contributed by atoms with E-state index in [-0.39, 0.29) is 35.7 Å². The molecule has 5 aromatic rings. The summed E-state index contributed by atoms with van der Waals surface area (Å²) >= 11 is 0. The van der Waals surface area contributed by atoms with Crippen LogP contribution >= 0.6 is 0 Å². The van der Waals surface area contributed by atoms with Crippen LogP contribution in [0.2, 0.25) is 0 Å². The molecule has 0 spiro atoms. The van der Waals surface area contributed by atoms with Crippen LogP contribution in [0.4, 0.5) is 9.59 Å². The Kier molecular flexibility index (Phi) is 11.3. The highest BCUT2D eigenvalue weighted by molar-refractivity contribution is 5.92. The standard InChI is InChI=1S/C44H53N9O7/c1-24(2)37(49-43(56)57)41(54)52-15-6-9-33(52)40-46-23-31(48-40)27-11-13-29-35-20-28-19-26(12-14-32(28)51(35)17-8-18-60-36(29)21-27)30-22-45-39(47-30)34-10-7-16-53(34)42(55)38(25(3)4)50-44(58)59-5/h11-14,19-25,33-34,37-38,49H,6-10,15-18H2,1-5H3,(H,45,47)(H,46,48)(H,50,58)(H,56,57)/t33-,34-,37-,38-/m0/s1. The minimum Gasteiger partial charge on any atom is -0.493 e. The van der Waals surface area contributed by atoms with E-state index in [0.717, 1.165) is 89.1 Å². The Hall–Kier alpha value is -6.32. The number of methoxy groups -OCH3 is 1. The molecule has 5 N–H and O–H groups in total. The van der Waals surface area contributed by atoms with Crippen LogP contribution in [0.25, 0.3) is 44.7 Å². The zero-order chi connectivity index (χ0) is 42.2. The Morgan fingerprint density at radius 2 is 1.37 bits per heavy atom. The molecule has 4 amide bonds. The number of aryl methyl sites for hydroxylation is 1. The number of amides is 4. The van der Waals surface area contributed by atoms with E-state index in [1.54, 1.807) is 11.1 Å². The number of H-pyrrole nitrogens is 2. The summed E-state index contributed by atoms with van der Waals surface area (Å²) in [5.41, 5.74) is 6.67. The van der Waals surface area contributed by atoms with Gasteiger partial charge in [0.2, 0.25) is 11.8 Å². The number of carboxylic acid groups (broad SMARTS) is 1. The van der Waals surface area contributed by atoms with Gasteiger partial charge in [-0.2, -0.15) is 0 Å². The minimum atomic E-state index is -1.22. The van der Waals surface area contributed by atoms with Gasteiger partial charge in [0.15, 0.2) is 0 Å². The fourth-order valence-corrected chi connectivity index (χ4v) is 8.97. The van der Waals surface area contributed by atoms with E-state index >= 15 is 0 Å². The van der Waals surface area contributed by atoms with Crippen LogP contribution in [-0.4, -0.2) is 102 Å². The van der Waals surface area contributed by atoms with Gasteiger partial charge in [0.05, 0.1) is 55.3 Å². The van der Waals surface area contributed by atoms with Crippen molar-refractivity contribution in [3.05, 3.63) is 66.5 Å². The van der Waals surface area contributed by atoms with Crippen LogP contribution in [0.3, 0.4) is 0 Å². The number of likely N-dealkylation sites (tertiary alicyclic amines) is 2. The Morgan fingerprint density at radius 3 is 1.95 bits per heavy atom. The molecule has 3 aliphatic rings. The first-order chi connectivity index (χ1) is 28.9. The molecule has 8 rings (SSSR count). The highest BCUT2D eigenvalue weighted by Crippen LogP contribution is 2.40. The van der Waals surface area contributed by atoms with Crippen molar-refractivity contribution in [3.63, 3.8) is 0 Å². The second-order valence-electron chi connectivity index (χ2n) is 16.6. The molecule has 0 unspecified atom stereocenters. The number of nitrogens with one attached hydrogen (secondary N) is 4. The molecule has 60 heavy (non-hydrogen) atoms. The number of carbonyl (C=O) groups is 4. The van der Waals surface area contributed by atoms with Crippen molar-refractivity contribution in [1.29, 1.82) is 0 Å². The van der Waals surface area contributed by atoms with Crippen LogP contribution < -0.4 is 15.4 Å². The number of ether oxygens (including phenoxy) is 2. The predicted molar refractivity (Wildman–Crippen MR) is 224 cm³/mol. The van der Waals surface area contributed by atoms with Crippen LogP contribution in [0, 0.1) is 11.8 Å². The third kappa shape index (κ3) is 7.77. The van der Waals surface area contributed by atoms with E-state index in [9.17, 15) is 24.3 Å². The van der Waals surface area contributed by atoms with E-state index in [2.05, 4.69) is 61.6 Å². The maximum Gasteiger partial charge on any atom is 0.407 e. The van der Waals surface area contributed by atoms with Gasteiger partial charge in [0, 0.05) is 47.2 Å². The molecule has 0 aliphatic carbocycles. The van der Waals surface area contributed by atoms with Gasteiger partial charge in [-0.25, -0.2) is 19.6 Å². The van der Waals surface area contributed by atoms with Crippen molar-refractivity contribution < 1.29 is 33.8 Å². The van der Waals surface area contributed by atoms with Crippen molar-refractivity contribution in [3.8, 4) is 39.5 Å². The molecule has 3 aromatic heterocycles. The smallest absolute Gasteiger partial charge is 0.407 e. The van der Waals surface area contributed by atoms with Crippen LogP contribution in [0.15, 0.2) is 54.9 Å². The summed E-state index contributed by atoms with van der Waals surface area (Å²) in [5.74, 6) is 1.44. The summed E-state index contributed by atoms with van der Waals surface area (Å²) in [5, 5.41) is 15.5. The molecule has 2 aromatic carbocycles. The maximum absolute atomic E-state index is 13.7. The van der Waals surface area contributed by atoms with Crippen LogP contribution in [-0.2, 0) is 20.9 Å². The summed E-state index contributed by atoms with van der Waals surface area (Å²) in [6, 6.07) is 12.7. The van der Waals surface area contributed by atoms with Crippen molar-refractivity contribution in [2.45, 2.75) is 90.5 Å². The van der Waals surface area contributed by atoms with Gasteiger partial charge in [0.25, 0.3) is 0 Å². The molecule has 0 saturated carbocycles. The topological polar surface area (TPSA) is 200 Å². The molecule has 2 fully saturated rings. The highest BCUT2D eigenvalue weighted by Gasteiger charge is 2.39. The van der Waals surface area contributed by atoms with E-state index in [1.807, 2.05) is 44.9 Å². The minimum absolute atomic E-state index is 0.118. The van der Waals surface area contributed by atoms with Crippen molar-refractivity contribution in [2.75, 3.05) is 26.8 Å². The molecule has 16 nitrogen and oxygen atoms in total. The molecule has 4 atom stereocenters. The Balaban J connectivity index is 1.03. The lowest BCUT2D eigenvalue weighted by atomic mass is 10.0. The van der Waals surface area contributed by atoms with E-state index < -0.39 is 24.3 Å². The first kappa shape index (κ1) is 40.5. The number of imidazole rings is 2. The van der Waals surface area contributed by atoms with Gasteiger partial charge in [-0.3, -0.25) is 9.59 Å². The van der Waals surface area contributed by atoms with Crippen LogP contribution in [0.5, 0.6) is 5.75 Å². The zero-order valence-corrected chi connectivity index (χ0v) is 34.7. The first-order valence-corrected chi connectivity index (χ1v) is 20.9. The molecule has 3 aliphatic heterocycles. The molecule has 2 saturated heterocycles. The monoisotopic (exact) mass is 819 g/mol. The fraction of sp³-hybridized carbons (Fsp3) is 0.455. The fourth-order valence-electron chi connectivity index (χ4n) is 8.97. The van der Waals surface area contributed by atoms with Gasteiger partial charge in [0.1, 0.15) is 29.5 Å². The lowest BCUT2D eigenvalue weighted by Crippen LogP contribution is -2.51. The highest BCUT2D eigenvalue weighted by atomic mass is 16.5. The lowest BCUT2D eigenvalue weighted by Gasteiger charge is -2.30. The second kappa shape index (κ2) is 16.7. The number of carbonyl (C=O) groups excluding carboxylic acids is 3. The Labute approximate surface area is 348 Å². The molecule has 0 radical (unpaired) electrons. The first-order valence-electron chi connectivity index (χ1n) is 20.9. The van der Waals surface area contributed by atoms with E-state index in [4.69, 9.17) is 19.4 Å². The summed E-state index contributed by atoms with van der Waals surface area (Å²) in [6.07, 6.45) is 5.71. The summed E-state index contributed by atoms with van der Waals surface area (Å²) in [6.45, 7) is 9.94. The molecule has 16 heteroatoms. The predicted octanol–water partition coefficient (Wildman–Crippen LogP) is 6.87. The Morgan fingerprint density at radius 1 is 0.783 bits per heavy atom. The van der Waals surface area contributed by atoms with Gasteiger partial charge in [-0.05, 0) is 74.3 Å². The number of aromatic amines is 2. The number of hydrogen-bond acceptors (Lipinski definition) is 8. The van der Waals surface area contributed by atoms with Crippen molar-refractivity contribution in [1.82, 2.24) is 44.9 Å². The average Bonchev–Trinajstić information content (AvgIpc) is 4.08. The lowest BCUT2D eigenvalue weighted by molar-refractivity contribution is -0.136. The largest absolute Gasteiger partial charge is 0.493 e. The molecule has 0 bridgehead atoms. The number of benzene rings is 2. The molecule has 6 heterocycles. The number of aromatic nitrogens is 5. The number of alkyl carbamates (subject to hydrolysis) is 1. The van der Waals surface area contributed by atoms with Gasteiger partial charge >= 0.3 is 12.2 Å². The summed E-state index contributed by atoms with van der Waals surface area (Å²) in [7, 11) is 1.29. The maximum atomic E-state index is 13.7. The number of fused-ring (bicyclic) bond motifs is 5. The third-order valence-electron chi connectivity index (χ3n) is 12.1. The molecular formula is C44H53N9O7. The molecule has 316 valence electrons. The van der Waals surface area contributed by atoms with Crippen LogP contribution in [0.1, 0.15) is 83.5 Å². The molecular weight excluding hydrogens is 767 g/mol. The number of nitrogens with zero attached hydrogens (tertiary/aromatic N) is 5. The third-order valence-corrected chi connectivity index (χ3v) is 12.1.